The molecule has 1 unspecified atom stereocenters. The number of hydrogen-bond acceptors (Lipinski definition) is 3. The number of thiocarbonyl (C=S) groups is 1. The molecule has 86 valence electrons. The smallest absolute Gasteiger partial charge is 0.251 e. The quantitative estimate of drug-likeness (QED) is 0.718. The summed E-state index contributed by atoms with van der Waals surface area (Å²) in [6.07, 6.45) is 0. The molecule has 0 spiro atoms. The van der Waals surface area contributed by atoms with E-state index in [1.54, 1.807) is 6.92 Å². The third-order valence-corrected chi connectivity index (χ3v) is 2.64. The topological polar surface area (TPSA) is 75.3 Å². The van der Waals surface area contributed by atoms with Gasteiger partial charge in [-0.2, -0.15) is 0 Å². The van der Waals surface area contributed by atoms with Crippen LogP contribution >= 0.6 is 23.8 Å². The van der Waals surface area contributed by atoms with E-state index in [2.05, 4.69) is 5.32 Å². The van der Waals surface area contributed by atoms with Gasteiger partial charge < -0.3 is 16.2 Å². The Morgan fingerprint density at radius 1 is 1.62 bits per heavy atom. The second kappa shape index (κ2) is 5.14. The number of halogens is 1. The SMILES string of the molecule is CC(NC(=O)c1ccc(O)c(Cl)c1)C(N)=S. The van der Waals surface area contributed by atoms with Crippen LogP contribution in [0.3, 0.4) is 0 Å². The number of carbonyl (C=O) groups is 1. The molecule has 4 N–H and O–H groups in total. The molecule has 1 rings (SSSR count). The largest absolute Gasteiger partial charge is 0.506 e. The van der Waals surface area contributed by atoms with Crippen LogP contribution in [0.1, 0.15) is 17.3 Å². The summed E-state index contributed by atoms with van der Waals surface area (Å²) in [6.45, 7) is 1.68. The Bertz CT molecular complexity index is 437. The lowest BCUT2D eigenvalue weighted by Crippen LogP contribution is -2.41. The first-order chi connectivity index (χ1) is 7.41. The maximum atomic E-state index is 11.7. The third kappa shape index (κ3) is 3.08. The molecule has 1 aromatic rings. The number of aromatic hydroxyl groups is 1. The lowest BCUT2D eigenvalue weighted by atomic mass is 10.2. The van der Waals surface area contributed by atoms with Gasteiger partial charge in [0.1, 0.15) is 5.75 Å². The molecule has 0 aliphatic heterocycles. The molecule has 0 heterocycles. The maximum Gasteiger partial charge on any atom is 0.251 e. The Morgan fingerprint density at radius 2 is 2.25 bits per heavy atom. The van der Waals surface area contributed by atoms with E-state index in [4.69, 9.17) is 29.6 Å². The van der Waals surface area contributed by atoms with Crippen molar-refractivity contribution >= 4 is 34.7 Å². The van der Waals surface area contributed by atoms with Crippen molar-refractivity contribution in [3.05, 3.63) is 28.8 Å². The van der Waals surface area contributed by atoms with Crippen LogP contribution in [0.5, 0.6) is 5.75 Å². The highest BCUT2D eigenvalue weighted by atomic mass is 35.5. The molecule has 1 amide bonds. The Balaban J connectivity index is 2.81. The van der Waals surface area contributed by atoms with Crippen LogP contribution in [0.25, 0.3) is 0 Å². The molecular weight excluding hydrogens is 248 g/mol. The van der Waals surface area contributed by atoms with E-state index in [0.717, 1.165) is 0 Å². The number of rotatable bonds is 3. The molecule has 1 atom stereocenters. The van der Waals surface area contributed by atoms with Crippen LogP contribution in [0.4, 0.5) is 0 Å². The summed E-state index contributed by atoms with van der Waals surface area (Å²) in [7, 11) is 0. The number of hydrogen-bond donors (Lipinski definition) is 3. The van der Waals surface area contributed by atoms with Gasteiger partial charge in [-0.15, -0.1) is 0 Å². The van der Waals surface area contributed by atoms with E-state index < -0.39 is 6.04 Å². The number of carbonyl (C=O) groups excluding carboxylic acids is 1. The summed E-state index contributed by atoms with van der Waals surface area (Å²) in [5.41, 5.74) is 5.71. The lowest BCUT2D eigenvalue weighted by Gasteiger charge is -2.12. The van der Waals surface area contributed by atoms with Gasteiger partial charge in [-0.3, -0.25) is 4.79 Å². The normalized spacial score (nSPS) is 11.9. The van der Waals surface area contributed by atoms with Crippen molar-refractivity contribution in [3.8, 4) is 5.75 Å². The van der Waals surface area contributed by atoms with Gasteiger partial charge in [-0.1, -0.05) is 23.8 Å². The molecule has 0 bridgehead atoms. The molecule has 0 saturated carbocycles. The van der Waals surface area contributed by atoms with Crippen molar-refractivity contribution < 1.29 is 9.90 Å². The maximum absolute atomic E-state index is 11.7. The van der Waals surface area contributed by atoms with Crippen molar-refractivity contribution in [3.63, 3.8) is 0 Å². The monoisotopic (exact) mass is 258 g/mol. The van der Waals surface area contributed by atoms with E-state index in [1.165, 1.54) is 18.2 Å². The van der Waals surface area contributed by atoms with Gasteiger partial charge in [0.25, 0.3) is 5.91 Å². The minimum atomic E-state index is -0.393. The molecule has 6 heteroatoms. The van der Waals surface area contributed by atoms with E-state index in [9.17, 15) is 9.90 Å². The van der Waals surface area contributed by atoms with Gasteiger partial charge in [0.2, 0.25) is 0 Å². The zero-order chi connectivity index (χ0) is 12.3. The Morgan fingerprint density at radius 3 is 2.75 bits per heavy atom. The summed E-state index contributed by atoms with van der Waals surface area (Å²) in [4.78, 5) is 11.9. The third-order valence-electron chi connectivity index (χ3n) is 1.98. The molecule has 4 nitrogen and oxygen atoms in total. The number of nitrogens with one attached hydrogen (secondary N) is 1. The number of amides is 1. The van der Waals surface area contributed by atoms with Gasteiger partial charge in [-0.05, 0) is 25.1 Å². The van der Waals surface area contributed by atoms with Crippen LogP contribution in [0, 0.1) is 0 Å². The number of benzene rings is 1. The predicted molar refractivity (Wildman–Crippen MR) is 66.8 cm³/mol. The minimum Gasteiger partial charge on any atom is -0.506 e. The zero-order valence-corrected chi connectivity index (χ0v) is 10.1. The van der Waals surface area contributed by atoms with Gasteiger partial charge in [0.15, 0.2) is 0 Å². The first-order valence-electron chi connectivity index (χ1n) is 4.50. The molecule has 16 heavy (non-hydrogen) atoms. The van der Waals surface area contributed by atoms with E-state index in [1.807, 2.05) is 0 Å². The Labute approximate surface area is 103 Å². The van der Waals surface area contributed by atoms with E-state index >= 15 is 0 Å². The van der Waals surface area contributed by atoms with Crippen LogP contribution < -0.4 is 11.1 Å². The highest BCUT2D eigenvalue weighted by Gasteiger charge is 2.12. The van der Waals surface area contributed by atoms with Gasteiger partial charge in [0.05, 0.1) is 16.1 Å². The second-order valence-corrected chi connectivity index (χ2v) is 4.14. The summed E-state index contributed by atoms with van der Waals surface area (Å²) < 4.78 is 0. The minimum absolute atomic E-state index is 0.0689. The Kier molecular flexibility index (Phi) is 4.09. The molecule has 1 aromatic carbocycles. The van der Waals surface area contributed by atoms with E-state index in [-0.39, 0.29) is 21.7 Å². The van der Waals surface area contributed by atoms with Crippen molar-refractivity contribution in [2.24, 2.45) is 5.73 Å². The lowest BCUT2D eigenvalue weighted by molar-refractivity contribution is 0.0949. The Hall–Kier alpha value is -1.33. The summed E-state index contributed by atoms with van der Waals surface area (Å²) in [5, 5.41) is 11.9. The number of phenols is 1. The average Bonchev–Trinajstić information content (AvgIpc) is 2.21. The van der Waals surface area contributed by atoms with Crippen molar-refractivity contribution in [2.75, 3.05) is 0 Å². The van der Waals surface area contributed by atoms with Crippen LogP contribution in [-0.4, -0.2) is 22.0 Å². The molecule has 0 fully saturated rings. The standard InChI is InChI=1S/C10H11ClN2O2S/c1-5(9(12)16)13-10(15)6-2-3-8(14)7(11)4-6/h2-5,14H,1H3,(H2,12,16)(H,13,15). The first kappa shape index (κ1) is 12.7. The molecule has 0 aromatic heterocycles. The van der Waals surface area contributed by atoms with Gasteiger partial charge in [-0.25, -0.2) is 0 Å². The first-order valence-corrected chi connectivity index (χ1v) is 5.29. The summed E-state index contributed by atoms with van der Waals surface area (Å²) in [5.74, 6) is -0.414. The molecule has 0 radical (unpaired) electrons. The second-order valence-electron chi connectivity index (χ2n) is 3.26. The van der Waals surface area contributed by atoms with Gasteiger partial charge >= 0.3 is 0 Å². The fourth-order valence-corrected chi connectivity index (χ4v) is 1.24. The zero-order valence-electron chi connectivity index (χ0n) is 8.53. The van der Waals surface area contributed by atoms with Crippen LogP contribution in [0.15, 0.2) is 18.2 Å². The van der Waals surface area contributed by atoms with Crippen molar-refractivity contribution in [1.29, 1.82) is 0 Å². The molecule has 0 saturated heterocycles. The van der Waals surface area contributed by atoms with Crippen LogP contribution in [0.2, 0.25) is 5.02 Å². The predicted octanol–water partition coefficient (Wildman–Crippen LogP) is 1.45. The van der Waals surface area contributed by atoms with Gasteiger partial charge in [0, 0.05) is 5.56 Å². The number of nitrogens with two attached hydrogens (primary N) is 1. The number of phenolic OH excluding ortho intramolecular Hbond substituents is 1. The molecule has 0 aliphatic carbocycles. The highest BCUT2D eigenvalue weighted by molar-refractivity contribution is 7.80. The van der Waals surface area contributed by atoms with E-state index in [0.29, 0.717) is 5.56 Å². The fraction of sp³-hybridized carbons (Fsp3) is 0.200. The van der Waals surface area contributed by atoms with Crippen LogP contribution in [-0.2, 0) is 0 Å². The van der Waals surface area contributed by atoms with Crippen molar-refractivity contribution in [1.82, 2.24) is 5.32 Å². The highest BCUT2D eigenvalue weighted by Crippen LogP contribution is 2.23. The summed E-state index contributed by atoms with van der Waals surface area (Å²) >= 11 is 10.4. The molecule has 0 aliphatic rings. The fourth-order valence-electron chi connectivity index (χ4n) is 0.999. The molecular formula is C10H11ClN2O2S. The summed E-state index contributed by atoms with van der Waals surface area (Å²) in [6, 6.07) is 3.79. The average molecular weight is 259 g/mol. The van der Waals surface area contributed by atoms with Crippen molar-refractivity contribution in [2.45, 2.75) is 13.0 Å².